The molecule has 20 heavy (non-hydrogen) atoms. The van der Waals surface area contributed by atoms with E-state index in [-0.39, 0.29) is 18.3 Å². The highest BCUT2D eigenvalue weighted by Gasteiger charge is 2.20. The van der Waals surface area contributed by atoms with Gasteiger partial charge in [-0.05, 0) is 25.1 Å². The van der Waals surface area contributed by atoms with Crippen molar-refractivity contribution in [3.05, 3.63) is 23.8 Å². The van der Waals surface area contributed by atoms with Gasteiger partial charge < -0.3 is 25.3 Å². The van der Waals surface area contributed by atoms with Gasteiger partial charge in [-0.3, -0.25) is 4.79 Å². The Balaban J connectivity index is 3.10. The zero-order chi connectivity index (χ0) is 15.1. The van der Waals surface area contributed by atoms with Crippen molar-refractivity contribution < 1.29 is 19.5 Å². The second kappa shape index (κ2) is 7.22. The van der Waals surface area contributed by atoms with E-state index in [1.807, 2.05) is 0 Å². The highest BCUT2D eigenvalue weighted by Crippen LogP contribution is 2.25. The van der Waals surface area contributed by atoms with Gasteiger partial charge in [-0.2, -0.15) is 0 Å². The number of amidine groups is 1. The van der Waals surface area contributed by atoms with E-state index in [9.17, 15) is 4.79 Å². The number of nitrogens with zero attached hydrogens (tertiary/aromatic N) is 2. The Morgan fingerprint density at radius 1 is 1.40 bits per heavy atom. The standard InChI is InChI=1S/C13H19N3O4/c1-4-16(8-12(14)15-18)13(17)10-7-9(19-2)5-6-11(10)20-3/h5-7,18H,4,8H2,1-3H3,(H2,14,15). The molecule has 7 nitrogen and oxygen atoms in total. The summed E-state index contributed by atoms with van der Waals surface area (Å²) in [5.41, 5.74) is 5.80. The number of rotatable bonds is 6. The maximum Gasteiger partial charge on any atom is 0.258 e. The van der Waals surface area contributed by atoms with Crippen LogP contribution in [0.3, 0.4) is 0 Å². The lowest BCUT2D eigenvalue weighted by atomic mass is 10.1. The molecular formula is C13H19N3O4. The molecule has 0 saturated heterocycles. The van der Waals surface area contributed by atoms with Crippen molar-refractivity contribution in [1.82, 2.24) is 4.90 Å². The molecule has 1 amide bonds. The molecular weight excluding hydrogens is 262 g/mol. The Hall–Kier alpha value is -2.44. The van der Waals surface area contributed by atoms with E-state index in [4.69, 9.17) is 20.4 Å². The summed E-state index contributed by atoms with van der Waals surface area (Å²) in [6.07, 6.45) is 0. The Morgan fingerprint density at radius 3 is 2.60 bits per heavy atom. The normalized spacial score (nSPS) is 11.1. The topological polar surface area (TPSA) is 97.4 Å². The highest BCUT2D eigenvalue weighted by molar-refractivity contribution is 5.99. The number of likely N-dealkylation sites (N-methyl/N-ethyl adjacent to an activating group) is 1. The number of carbonyl (C=O) groups excluding carboxylic acids is 1. The number of carbonyl (C=O) groups is 1. The Morgan fingerprint density at radius 2 is 2.10 bits per heavy atom. The lowest BCUT2D eigenvalue weighted by Gasteiger charge is -2.21. The number of oxime groups is 1. The number of benzene rings is 1. The number of ether oxygens (including phenoxy) is 2. The number of amides is 1. The summed E-state index contributed by atoms with van der Waals surface area (Å²) in [6.45, 7) is 2.25. The second-order valence-corrected chi connectivity index (χ2v) is 3.98. The van der Waals surface area contributed by atoms with Crippen LogP contribution < -0.4 is 15.2 Å². The van der Waals surface area contributed by atoms with E-state index >= 15 is 0 Å². The fraction of sp³-hybridized carbons (Fsp3) is 0.385. The van der Waals surface area contributed by atoms with Gasteiger partial charge in [0.25, 0.3) is 5.91 Å². The van der Waals surface area contributed by atoms with Crippen molar-refractivity contribution in [3.63, 3.8) is 0 Å². The fourth-order valence-electron chi connectivity index (χ4n) is 1.71. The van der Waals surface area contributed by atoms with Gasteiger partial charge >= 0.3 is 0 Å². The Labute approximate surface area is 117 Å². The maximum atomic E-state index is 12.5. The summed E-state index contributed by atoms with van der Waals surface area (Å²) >= 11 is 0. The van der Waals surface area contributed by atoms with Crippen LogP contribution in [0.1, 0.15) is 17.3 Å². The maximum absolute atomic E-state index is 12.5. The number of methoxy groups -OCH3 is 2. The van der Waals surface area contributed by atoms with Gasteiger partial charge in [0.15, 0.2) is 5.84 Å². The quantitative estimate of drug-likeness (QED) is 0.349. The molecule has 0 radical (unpaired) electrons. The first kappa shape index (κ1) is 15.6. The van der Waals surface area contributed by atoms with Crippen LogP contribution in [0.2, 0.25) is 0 Å². The van der Waals surface area contributed by atoms with Gasteiger partial charge in [-0.1, -0.05) is 5.16 Å². The molecule has 0 fully saturated rings. The molecule has 0 unspecified atom stereocenters. The molecule has 0 aliphatic rings. The SMILES string of the molecule is CCN(CC(N)=NO)C(=O)c1cc(OC)ccc1OC. The van der Waals surface area contributed by atoms with Crippen molar-refractivity contribution in [1.29, 1.82) is 0 Å². The monoisotopic (exact) mass is 281 g/mol. The van der Waals surface area contributed by atoms with E-state index < -0.39 is 0 Å². The largest absolute Gasteiger partial charge is 0.497 e. The van der Waals surface area contributed by atoms with Gasteiger partial charge in [0.05, 0.1) is 26.3 Å². The fourth-order valence-corrected chi connectivity index (χ4v) is 1.71. The molecule has 1 aromatic carbocycles. The number of hydrogen-bond acceptors (Lipinski definition) is 5. The minimum atomic E-state index is -0.283. The van der Waals surface area contributed by atoms with Crippen LogP contribution >= 0.6 is 0 Å². The molecule has 3 N–H and O–H groups in total. The van der Waals surface area contributed by atoms with Crippen molar-refractivity contribution in [2.75, 3.05) is 27.3 Å². The van der Waals surface area contributed by atoms with Crippen molar-refractivity contribution in [2.24, 2.45) is 10.9 Å². The zero-order valence-corrected chi connectivity index (χ0v) is 11.8. The van der Waals surface area contributed by atoms with E-state index in [0.29, 0.717) is 23.6 Å². The third-order valence-corrected chi connectivity index (χ3v) is 2.79. The minimum absolute atomic E-state index is 0.0339. The summed E-state index contributed by atoms with van der Waals surface area (Å²) in [4.78, 5) is 13.9. The number of hydrogen-bond donors (Lipinski definition) is 2. The number of nitrogens with two attached hydrogens (primary N) is 1. The van der Waals surface area contributed by atoms with Crippen LogP contribution in [0.25, 0.3) is 0 Å². The van der Waals surface area contributed by atoms with Crippen LogP contribution in [0.5, 0.6) is 11.5 Å². The average Bonchev–Trinajstić information content (AvgIpc) is 2.50. The Bertz CT molecular complexity index is 502. The van der Waals surface area contributed by atoms with Crippen LogP contribution in [-0.2, 0) is 0 Å². The smallest absolute Gasteiger partial charge is 0.258 e. The molecule has 0 spiro atoms. The van der Waals surface area contributed by atoms with Crippen LogP contribution in [-0.4, -0.2) is 49.2 Å². The summed E-state index contributed by atoms with van der Waals surface area (Å²) in [6, 6.07) is 4.95. The van der Waals surface area contributed by atoms with Crippen molar-refractivity contribution in [3.8, 4) is 11.5 Å². The molecule has 0 aliphatic heterocycles. The molecule has 0 heterocycles. The molecule has 0 aliphatic carbocycles. The van der Waals surface area contributed by atoms with Crippen molar-refractivity contribution >= 4 is 11.7 Å². The first-order chi connectivity index (χ1) is 9.57. The van der Waals surface area contributed by atoms with Gasteiger partial charge in [0, 0.05) is 6.54 Å². The molecule has 0 atom stereocenters. The molecule has 7 heteroatoms. The van der Waals surface area contributed by atoms with Gasteiger partial charge in [0.2, 0.25) is 0 Å². The Kier molecular flexibility index (Phi) is 5.64. The zero-order valence-electron chi connectivity index (χ0n) is 11.8. The van der Waals surface area contributed by atoms with E-state index in [1.165, 1.54) is 19.1 Å². The lowest BCUT2D eigenvalue weighted by molar-refractivity contribution is 0.0782. The summed E-state index contributed by atoms with van der Waals surface area (Å²) < 4.78 is 10.3. The molecule has 0 saturated carbocycles. The third-order valence-electron chi connectivity index (χ3n) is 2.79. The predicted octanol–water partition coefficient (Wildman–Crippen LogP) is 0.912. The van der Waals surface area contributed by atoms with Gasteiger partial charge in [-0.25, -0.2) is 0 Å². The van der Waals surface area contributed by atoms with E-state index in [0.717, 1.165) is 0 Å². The molecule has 0 bridgehead atoms. The van der Waals surface area contributed by atoms with Crippen LogP contribution in [0.4, 0.5) is 0 Å². The van der Waals surface area contributed by atoms with Crippen LogP contribution in [0.15, 0.2) is 23.4 Å². The highest BCUT2D eigenvalue weighted by atomic mass is 16.5. The first-order valence-corrected chi connectivity index (χ1v) is 6.05. The lowest BCUT2D eigenvalue weighted by Crippen LogP contribution is -2.38. The van der Waals surface area contributed by atoms with Gasteiger partial charge in [0.1, 0.15) is 11.5 Å². The van der Waals surface area contributed by atoms with E-state index in [2.05, 4.69) is 5.16 Å². The molecule has 0 aromatic heterocycles. The summed E-state index contributed by atoms with van der Waals surface area (Å²) in [5, 5.41) is 11.5. The minimum Gasteiger partial charge on any atom is -0.497 e. The summed E-state index contributed by atoms with van der Waals surface area (Å²) in [5.74, 6) is 0.666. The van der Waals surface area contributed by atoms with E-state index in [1.54, 1.807) is 25.1 Å². The summed E-state index contributed by atoms with van der Waals surface area (Å²) in [7, 11) is 3.00. The predicted molar refractivity (Wildman–Crippen MR) is 74.5 cm³/mol. The average molecular weight is 281 g/mol. The van der Waals surface area contributed by atoms with Gasteiger partial charge in [-0.15, -0.1) is 0 Å². The third kappa shape index (κ3) is 3.53. The molecule has 110 valence electrons. The van der Waals surface area contributed by atoms with Crippen molar-refractivity contribution in [2.45, 2.75) is 6.92 Å². The first-order valence-electron chi connectivity index (χ1n) is 6.05. The molecule has 1 rings (SSSR count). The molecule has 1 aromatic rings. The van der Waals surface area contributed by atoms with Crippen LogP contribution in [0, 0.1) is 0 Å². The second-order valence-electron chi connectivity index (χ2n) is 3.98.